The summed E-state index contributed by atoms with van der Waals surface area (Å²) >= 11 is 0. The summed E-state index contributed by atoms with van der Waals surface area (Å²) in [5.74, 6) is -0.0723. The Morgan fingerprint density at radius 1 is 1.17 bits per heavy atom. The van der Waals surface area contributed by atoms with Crippen molar-refractivity contribution in [1.29, 1.82) is 0 Å². The third kappa shape index (κ3) is 3.67. The number of carbonyl (C=O) groups is 2. The van der Waals surface area contributed by atoms with Crippen LogP contribution in [0.25, 0.3) is 11.1 Å². The lowest BCUT2D eigenvalue weighted by Crippen LogP contribution is -2.73. The van der Waals surface area contributed by atoms with Crippen LogP contribution in [0.3, 0.4) is 0 Å². The van der Waals surface area contributed by atoms with Crippen molar-refractivity contribution < 1.29 is 14.7 Å². The van der Waals surface area contributed by atoms with Crippen LogP contribution in [0, 0.1) is 6.92 Å². The summed E-state index contributed by atoms with van der Waals surface area (Å²) in [5.41, 5.74) is 4.62. The maximum absolute atomic E-state index is 12.7. The van der Waals surface area contributed by atoms with Crippen LogP contribution in [0.1, 0.15) is 30.4 Å². The fourth-order valence-electron chi connectivity index (χ4n) is 4.72. The number of benzene rings is 2. The molecule has 6 heteroatoms. The van der Waals surface area contributed by atoms with E-state index in [1.54, 1.807) is 9.80 Å². The van der Waals surface area contributed by atoms with Gasteiger partial charge in [0.2, 0.25) is 5.91 Å². The van der Waals surface area contributed by atoms with Crippen LogP contribution in [0.4, 0.5) is 4.79 Å². The first-order chi connectivity index (χ1) is 14.5. The molecular formula is C24H29N3O3. The third-order valence-electron chi connectivity index (χ3n) is 6.21. The Kier molecular flexibility index (Phi) is 5.77. The van der Waals surface area contributed by atoms with E-state index < -0.39 is 0 Å². The molecule has 2 aromatic carbocycles. The van der Waals surface area contributed by atoms with Gasteiger partial charge in [0, 0.05) is 19.0 Å². The molecule has 6 nitrogen and oxygen atoms in total. The molecule has 2 aromatic rings. The van der Waals surface area contributed by atoms with Gasteiger partial charge in [-0.2, -0.15) is 0 Å². The first-order valence-corrected chi connectivity index (χ1v) is 10.6. The number of urea groups is 1. The molecule has 2 heterocycles. The number of fused-ring (bicyclic) bond motifs is 1. The second-order valence-corrected chi connectivity index (χ2v) is 8.25. The topological polar surface area (TPSA) is 72.9 Å². The molecule has 158 valence electrons. The van der Waals surface area contributed by atoms with Gasteiger partial charge in [-0.3, -0.25) is 4.79 Å². The summed E-state index contributed by atoms with van der Waals surface area (Å²) < 4.78 is 0. The van der Waals surface area contributed by atoms with Crippen molar-refractivity contribution in [2.24, 2.45) is 0 Å². The maximum Gasteiger partial charge on any atom is 0.317 e. The summed E-state index contributed by atoms with van der Waals surface area (Å²) in [6.45, 7) is 5.16. The molecular weight excluding hydrogens is 378 g/mol. The quantitative estimate of drug-likeness (QED) is 0.801. The molecule has 2 N–H and O–H groups in total. The number of nitrogens with zero attached hydrogens (tertiary/aromatic N) is 2. The fourth-order valence-corrected chi connectivity index (χ4v) is 4.72. The minimum absolute atomic E-state index is 0.0206. The first-order valence-electron chi connectivity index (χ1n) is 10.6. The van der Waals surface area contributed by atoms with Crippen LogP contribution in [0.15, 0.2) is 48.5 Å². The smallest absolute Gasteiger partial charge is 0.317 e. The van der Waals surface area contributed by atoms with E-state index in [-0.39, 0.29) is 43.1 Å². The Labute approximate surface area is 177 Å². The molecule has 3 amide bonds. The van der Waals surface area contributed by atoms with E-state index in [4.69, 9.17) is 0 Å². The van der Waals surface area contributed by atoms with Crippen LogP contribution in [0.5, 0.6) is 0 Å². The van der Waals surface area contributed by atoms with Crippen molar-refractivity contribution in [2.45, 2.75) is 38.3 Å². The van der Waals surface area contributed by atoms with Gasteiger partial charge in [-0.1, -0.05) is 61.0 Å². The molecule has 2 saturated heterocycles. The van der Waals surface area contributed by atoms with Crippen LogP contribution in [0.2, 0.25) is 0 Å². The highest BCUT2D eigenvalue weighted by molar-refractivity contribution is 5.87. The fraction of sp³-hybridized carbons (Fsp3) is 0.417. The average Bonchev–Trinajstić information content (AvgIpc) is 2.73. The van der Waals surface area contributed by atoms with E-state index >= 15 is 0 Å². The zero-order valence-electron chi connectivity index (χ0n) is 17.5. The highest BCUT2D eigenvalue weighted by Crippen LogP contribution is 2.43. The van der Waals surface area contributed by atoms with Crippen LogP contribution in [-0.4, -0.2) is 65.2 Å². The summed E-state index contributed by atoms with van der Waals surface area (Å²) in [7, 11) is 0. The average molecular weight is 408 g/mol. The van der Waals surface area contributed by atoms with Gasteiger partial charge in [-0.05, 0) is 30.0 Å². The number of aliphatic hydroxyl groups is 1. The molecule has 4 rings (SSSR count). The van der Waals surface area contributed by atoms with Gasteiger partial charge in [0.15, 0.2) is 0 Å². The maximum atomic E-state index is 12.7. The molecule has 3 atom stereocenters. The van der Waals surface area contributed by atoms with Gasteiger partial charge in [0.05, 0.1) is 18.7 Å². The van der Waals surface area contributed by atoms with Crippen molar-refractivity contribution in [3.05, 3.63) is 59.7 Å². The largest absolute Gasteiger partial charge is 0.394 e. The highest BCUT2D eigenvalue weighted by atomic mass is 16.3. The lowest BCUT2D eigenvalue weighted by molar-refractivity contribution is -0.159. The van der Waals surface area contributed by atoms with Gasteiger partial charge in [-0.25, -0.2) is 4.79 Å². The second kappa shape index (κ2) is 8.48. The Bertz CT molecular complexity index is 928. The Morgan fingerprint density at radius 3 is 2.60 bits per heavy atom. The molecule has 0 spiro atoms. The van der Waals surface area contributed by atoms with Crippen molar-refractivity contribution in [3.8, 4) is 11.1 Å². The molecule has 0 aliphatic carbocycles. The molecule has 0 radical (unpaired) electrons. The van der Waals surface area contributed by atoms with E-state index in [2.05, 4.69) is 60.8 Å². The Hall–Kier alpha value is -2.86. The van der Waals surface area contributed by atoms with Gasteiger partial charge >= 0.3 is 6.03 Å². The van der Waals surface area contributed by atoms with Crippen molar-refractivity contribution in [3.63, 3.8) is 0 Å². The summed E-state index contributed by atoms with van der Waals surface area (Å²) in [6, 6.07) is 16.2. The third-order valence-corrected chi connectivity index (χ3v) is 6.21. The van der Waals surface area contributed by atoms with E-state index in [0.717, 1.165) is 17.5 Å². The van der Waals surface area contributed by atoms with Gasteiger partial charge in [-0.15, -0.1) is 0 Å². The zero-order chi connectivity index (χ0) is 21.3. The van der Waals surface area contributed by atoms with E-state index in [0.29, 0.717) is 13.1 Å². The van der Waals surface area contributed by atoms with Crippen molar-refractivity contribution in [1.82, 2.24) is 15.1 Å². The second-order valence-electron chi connectivity index (χ2n) is 8.25. The summed E-state index contributed by atoms with van der Waals surface area (Å²) in [6.07, 6.45) is 0.853. The number of nitrogens with one attached hydrogen (secondary N) is 1. The number of aliphatic hydroxyl groups excluding tert-OH is 1. The van der Waals surface area contributed by atoms with Crippen LogP contribution >= 0.6 is 0 Å². The van der Waals surface area contributed by atoms with E-state index in [9.17, 15) is 14.7 Å². The molecule has 0 unspecified atom stereocenters. The molecule has 30 heavy (non-hydrogen) atoms. The van der Waals surface area contributed by atoms with Gasteiger partial charge in [0.1, 0.15) is 6.54 Å². The van der Waals surface area contributed by atoms with Crippen molar-refractivity contribution in [2.75, 3.05) is 26.2 Å². The van der Waals surface area contributed by atoms with Crippen molar-refractivity contribution >= 4 is 11.9 Å². The lowest BCUT2D eigenvalue weighted by Gasteiger charge is -2.58. The number of aryl methyl sites for hydroxylation is 1. The Morgan fingerprint density at radius 2 is 1.93 bits per heavy atom. The minimum Gasteiger partial charge on any atom is -0.394 e. The zero-order valence-corrected chi connectivity index (χ0v) is 17.5. The number of rotatable bonds is 5. The predicted molar refractivity (Wildman–Crippen MR) is 116 cm³/mol. The minimum atomic E-state index is -0.229. The number of carbonyl (C=O) groups excluding carboxylic acids is 2. The summed E-state index contributed by atoms with van der Waals surface area (Å²) in [5, 5.41) is 12.8. The molecule has 2 aliphatic heterocycles. The number of hydrogen-bond donors (Lipinski definition) is 2. The lowest BCUT2D eigenvalue weighted by atomic mass is 9.73. The number of amides is 3. The standard InChI is InChI=1S/C24H29N3O3/c1-3-11-25-24(30)26-13-20-23(21(15-28)27(20)22(29)14-26)18-9-7-17(8-10-18)19-6-4-5-16(2)12-19/h4-10,12,20-21,23,28H,3,11,13-15H2,1-2H3,(H,25,30)/t20-,21+,23-/m0/s1. The van der Waals surface area contributed by atoms with Crippen LogP contribution < -0.4 is 5.32 Å². The van der Waals surface area contributed by atoms with Gasteiger partial charge in [0.25, 0.3) is 0 Å². The molecule has 0 saturated carbocycles. The molecule has 2 aliphatic rings. The first kappa shape index (κ1) is 20.4. The number of piperazine rings is 1. The van der Waals surface area contributed by atoms with Gasteiger partial charge < -0.3 is 20.2 Å². The summed E-state index contributed by atoms with van der Waals surface area (Å²) in [4.78, 5) is 28.4. The molecule has 0 bridgehead atoms. The molecule has 0 aromatic heterocycles. The van der Waals surface area contributed by atoms with E-state index in [1.807, 2.05) is 6.92 Å². The Balaban J connectivity index is 1.54. The van der Waals surface area contributed by atoms with E-state index in [1.165, 1.54) is 11.1 Å². The SMILES string of the molecule is CCCNC(=O)N1CC(=O)N2[C@H](CO)[C@@H](c3ccc(-c4cccc(C)c4)cc3)[C@@H]2C1. The highest BCUT2D eigenvalue weighted by Gasteiger charge is 2.54. The number of hydrogen-bond acceptors (Lipinski definition) is 3. The monoisotopic (exact) mass is 407 g/mol. The normalized spacial score (nSPS) is 23.0. The molecule has 2 fully saturated rings. The predicted octanol–water partition coefficient (Wildman–Crippen LogP) is 2.75. The van der Waals surface area contributed by atoms with Crippen LogP contribution in [-0.2, 0) is 4.79 Å².